The van der Waals surface area contributed by atoms with Crippen molar-refractivity contribution < 1.29 is 18.6 Å². The number of nitrogens with two attached hydrogens (primary N) is 1. The van der Waals surface area contributed by atoms with Crippen molar-refractivity contribution in [3.8, 4) is 0 Å². The van der Waals surface area contributed by atoms with E-state index in [2.05, 4.69) is 15.8 Å². The molecule has 3 aliphatic heterocycles. The monoisotopic (exact) mass is 511 g/mol. The van der Waals surface area contributed by atoms with E-state index >= 15 is 0 Å². The van der Waals surface area contributed by atoms with E-state index in [1.807, 2.05) is 32.0 Å². The fourth-order valence-electron chi connectivity index (χ4n) is 4.83. The average Bonchev–Trinajstić information content (AvgIpc) is 3.45. The maximum absolute atomic E-state index is 13.0. The Kier molecular flexibility index (Phi) is 6.39. The van der Waals surface area contributed by atoms with Crippen LogP contribution in [-0.2, 0) is 16.0 Å². The first kappa shape index (κ1) is 24.2. The van der Waals surface area contributed by atoms with Crippen molar-refractivity contribution in [1.82, 2.24) is 20.5 Å². The van der Waals surface area contributed by atoms with E-state index in [1.54, 1.807) is 9.80 Å². The second kappa shape index (κ2) is 9.51. The van der Waals surface area contributed by atoms with Crippen LogP contribution in [0.2, 0.25) is 0 Å². The zero-order chi connectivity index (χ0) is 25.6. The Hall–Kier alpha value is -3.51. The van der Waals surface area contributed by atoms with Crippen LogP contribution in [0.15, 0.2) is 33.3 Å². The standard InChI is InChI=1S/C24H29N7O4S/c1-13-3-4-17-16(11-13)14(2)21(35-17)20(18-19(25)23(32)29-28-22(18)26)27-15-5-6-31(12-15)24(33)30-7-9-36(34)10-8-30/h3-4,11,15,25,27H,5-10,12H2,1-2H3,(H2,26,28)(H,29,32)/b20-18+,25-19?. The number of amidine groups is 1. The molecule has 3 amide bonds. The van der Waals surface area contributed by atoms with Crippen molar-refractivity contribution in [3.05, 3.63) is 40.7 Å². The number of likely N-dealkylation sites (tertiary alicyclic amines) is 1. The molecule has 0 spiro atoms. The van der Waals surface area contributed by atoms with Crippen LogP contribution in [0.1, 0.15) is 23.3 Å². The number of aryl methyl sites for hydroxylation is 2. The normalized spacial score (nSPS) is 22.6. The van der Waals surface area contributed by atoms with Gasteiger partial charge in [-0.05, 0) is 32.4 Å². The summed E-state index contributed by atoms with van der Waals surface area (Å²) >= 11 is -0.856. The van der Waals surface area contributed by atoms with Crippen molar-refractivity contribution in [3.63, 3.8) is 0 Å². The van der Waals surface area contributed by atoms with E-state index in [0.717, 1.165) is 16.5 Å². The van der Waals surface area contributed by atoms with Crippen LogP contribution in [0.3, 0.4) is 0 Å². The second-order valence-electron chi connectivity index (χ2n) is 9.31. The molecule has 0 saturated carbocycles. The summed E-state index contributed by atoms with van der Waals surface area (Å²) < 4.78 is 17.9. The molecule has 1 aromatic heterocycles. The van der Waals surface area contributed by atoms with Crippen LogP contribution in [0.4, 0.5) is 4.79 Å². The summed E-state index contributed by atoms with van der Waals surface area (Å²) in [4.78, 5) is 28.9. The number of hydrogen-bond donors (Lipinski definition) is 4. The molecular formula is C24H29N7O4S. The number of nitrogens with one attached hydrogen (secondary N) is 3. The van der Waals surface area contributed by atoms with E-state index in [1.165, 1.54) is 0 Å². The molecule has 1 unspecified atom stereocenters. The van der Waals surface area contributed by atoms with Crippen LogP contribution in [0.25, 0.3) is 16.7 Å². The van der Waals surface area contributed by atoms with E-state index in [9.17, 15) is 14.1 Å². The predicted octanol–water partition coefficient (Wildman–Crippen LogP) is 1.03. The number of fused-ring (bicyclic) bond motifs is 1. The summed E-state index contributed by atoms with van der Waals surface area (Å²) in [6.45, 7) is 5.90. The summed E-state index contributed by atoms with van der Waals surface area (Å²) in [5, 5.41) is 16.7. The topological polar surface area (TPSA) is 163 Å². The summed E-state index contributed by atoms with van der Waals surface area (Å²) in [6.07, 6.45) is 0.664. The fourth-order valence-corrected chi connectivity index (χ4v) is 5.88. The summed E-state index contributed by atoms with van der Waals surface area (Å²) in [5.74, 6) is 0.835. The van der Waals surface area contributed by atoms with Crippen LogP contribution >= 0.6 is 0 Å². The van der Waals surface area contributed by atoms with E-state index in [-0.39, 0.29) is 29.2 Å². The Morgan fingerprint density at radius 3 is 2.78 bits per heavy atom. The number of furan rings is 1. The predicted molar refractivity (Wildman–Crippen MR) is 138 cm³/mol. The minimum absolute atomic E-state index is 0.00498. The Morgan fingerprint density at radius 2 is 2.03 bits per heavy atom. The maximum Gasteiger partial charge on any atom is 0.320 e. The van der Waals surface area contributed by atoms with Crippen molar-refractivity contribution in [2.45, 2.75) is 26.3 Å². The third-order valence-electron chi connectivity index (χ3n) is 6.84. The largest absolute Gasteiger partial charge is 0.616 e. The second-order valence-corrected chi connectivity index (χ2v) is 11.0. The molecule has 3 aliphatic rings. The Labute approximate surface area is 211 Å². The summed E-state index contributed by atoms with van der Waals surface area (Å²) in [7, 11) is 0. The zero-order valence-corrected chi connectivity index (χ0v) is 21.0. The number of carbonyl (C=O) groups is 2. The Morgan fingerprint density at radius 1 is 1.28 bits per heavy atom. The molecule has 0 radical (unpaired) electrons. The maximum atomic E-state index is 13.0. The number of urea groups is 1. The van der Waals surface area contributed by atoms with Gasteiger partial charge in [0.05, 0.1) is 24.4 Å². The fraction of sp³-hybridized carbons (Fsp3) is 0.417. The van der Waals surface area contributed by atoms with Crippen LogP contribution in [0, 0.1) is 19.3 Å². The first-order valence-electron chi connectivity index (χ1n) is 11.9. The number of benzene rings is 1. The van der Waals surface area contributed by atoms with Crippen molar-refractivity contribution in [1.29, 1.82) is 5.41 Å². The minimum Gasteiger partial charge on any atom is -0.616 e. The first-order valence-corrected chi connectivity index (χ1v) is 13.3. The number of hydrazone groups is 1. The van der Waals surface area contributed by atoms with Gasteiger partial charge in [-0.3, -0.25) is 10.2 Å². The van der Waals surface area contributed by atoms with Crippen LogP contribution in [0.5, 0.6) is 0 Å². The highest BCUT2D eigenvalue weighted by atomic mass is 32.2. The molecular weight excluding hydrogens is 482 g/mol. The molecule has 190 valence electrons. The molecule has 11 nitrogen and oxygen atoms in total. The first-order chi connectivity index (χ1) is 17.2. The van der Waals surface area contributed by atoms with Gasteiger partial charge in [0.25, 0.3) is 5.91 Å². The number of carbonyl (C=O) groups excluding carboxylic acids is 2. The Balaban J connectivity index is 1.47. The lowest BCUT2D eigenvalue weighted by Gasteiger charge is -2.31. The molecule has 2 aromatic rings. The molecule has 2 fully saturated rings. The van der Waals surface area contributed by atoms with Crippen molar-refractivity contribution >= 4 is 51.3 Å². The van der Waals surface area contributed by atoms with Gasteiger partial charge in [0.15, 0.2) is 11.6 Å². The molecule has 1 atom stereocenters. The smallest absolute Gasteiger partial charge is 0.320 e. The minimum atomic E-state index is -0.856. The lowest BCUT2D eigenvalue weighted by molar-refractivity contribution is -0.114. The molecule has 36 heavy (non-hydrogen) atoms. The van der Waals surface area contributed by atoms with Crippen molar-refractivity contribution in [2.24, 2.45) is 10.8 Å². The molecule has 5 N–H and O–H groups in total. The lowest BCUT2D eigenvalue weighted by Crippen LogP contribution is -2.49. The zero-order valence-electron chi connectivity index (χ0n) is 20.2. The third-order valence-corrected chi connectivity index (χ3v) is 8.11. The van der Waals surface area contributed by atoms with Crippen LogP contribution < -0.4 is 16.5 Å². The van der Waals surface area contributed by atoms with Gasteiger partial charge in [-0.15, -0.1) is 0 Å². The third kappa shape index (κ3) is 4.42. The van der Waals surface area contributed by atoms with E-state index in [4.69, 9.17) is 15.6 Å². The summed E-state index contributed by atoms with van der Waals surface area (Å²) in [5.41, 5.74) is 11.3. The molecule has 5 rings (SSSR count). The molecule has 0 aliphatic carbocycles. The molecule has 1 aromatic carbocycles. The van der Waals surface area contributed by atoms with Gasteiger partial charge >= 0.3 is 6.03 Å². The highest BCUT2D eigenvalue weighted by molar-refractivity contribution is 7.91. The molecule has 12 heteroatoms. The van der Waals surface area contributed by atoms with Gasteiger partial charge in [-0.2, -0.15) is 5.10 Å². The van der Waals surface area contributed by atoms with E-state index < -0.39 is 17.1 Å². The summed E-state index contributed by atoms with van der Waals surface area (Å²) in [6, 6.07) is 5.65. The van der Waals surface area contributed by atoms with Gasteiger partial charge in [0, 0.05) is 30.1 Å². The number of rotatable bonds is 3. The van der Waals surface area contributed by atoms with Gasteiger partial charge in [0.2, 0.25) is 0 Å². The van der Waals surface area contributed by atoms with Gasteiger partial charge < -0.3 is 29.8 Å². The van der Waals surface area contributed by atoms with Gasteiger partial charge in [-0.25, -0.2) is 10.2 Å². The molecule has 2 saturated heterocycles. The molecule has 4 heterocycles. The number of amides is 3. The van der Waals surface area contributed by atoms with Crippen molar-refractivity contribution in [2.75, 3.05) is 37.7 Å². The van der Waals surface area contributed by atoms with Crippen LogP contribution in [-0.4, -0.2) is 81.6 Å². The van der Waals surface area contributed by atoms with E-state index in [0.29, 0.717) is 61.1 Å². The number of hydrogen-bond acceptors (Lipinski definition) is 8. The lowest BCUT2D eigenvalue weighted by atomic mass is 10.00. The average molecular weight is 512 g/mol. The van der Waals surface area contributed by atoms with Gasteiger partial charge in [0.1, 0.15) is 22.8 Å². The van der Waals surface area contributed by atoms with Gasteiger partial charge in [-0.1, -0.05) is 22.8 Å². The quantitative estimate of drug-likeness (QED) is 0.450. The Bertz CT molecular complexity index is 1310. The SMILES string of the molecule is Cc1ccc2oc(/C(NC3CCN(C(=O)N4CC[S+]([O-])CC4)C3)=C3/C(=N)C(=O)NN=C3N)c(C)c2c1. The molecule has 0 bridgehead atoms. The highest BCUT2D eigenvalue weighted by Crippen LogP contribution is 2.33. The highest BCUT2D eigenvalue weighted by Gasteiger charge is 2.35. The number of nitrogens with zero attached hydrogens (tertiary/aromatic N) is 3.